The summed E-state index contributed by atoms with van der Waals surface area (Å²) in [6.07, 6.45) is 1.45. The minimum Gasteiger partial charge on any atom is -0.377 e. The first kappa shape index (κ1) is 20.9. The fourth-order valence-electron chi connectivity index (χ4n) is 1.88. The van der Waals surface area contributed by atoms with Crippen LogP contribution >= 0.6 is 0 Å². The van der Waals surface area contributed by atoms with Crippen LogP contribution in [0.3, 0.4) is 0 Å². The highest BCUT2D eigenvalue weighted by molar-refractivity contribution is 8.04. The third-order valence-electron chi connectivity index (χ3n) is 3.25. The van der Waals surface area contributed by atoms with Gasteiger partial charge >= 0.3 is 8.80 Å². The molecule has 136 valence electrons. The Kier molecular flexibility index (Phi) is 7.25. The molecule has 0 aliphatic carbocycles. The quantitative estimate of drug-likeness (QED) is 0.347. The van der Waals surface area contributed by atoms with E-state index in [9.17, 15) is 16.8 Å². The largest absolute Gasteiger partial charge is 0.500 e. The van der Waals surface area contributed by atoms with Gasteiger partial charge in [0.1, 0.15) is 5.55 Å². The second-order valence-corrected chi connectivity index (χ2v) is 11.5. The number of nitrogens with zero attached hydrogens (tertiary/aromatic N) is 1. The van der Waals surface area contributed by atoms with Crippen molar-refractivity contribution >= 4 is 34.2 Å². The van der Waals surface area contributed by atoms with Crippen molar-refractivity contribution in [1.82, 2.24) is 0 Å². The van der Waals surface area contributed by atoms with Crippen LogP contribution in [0.1, 0.15) is 5.56 Å². The molecule has 0 heterocycles. The van der Waals surface area contributed by atoms with Crippen LogP contribution in [0.15, 0.2) is 33.6 Å². The summed E-state index contributed by atoms with van der Waals surface area (Å²) in [6, 6.07) is 6.54. The summed E-state index contributed by atoms with van der Waals surface area (Å²) in [5.41, 5.74) is 1.29. The first-order valence-electron chi connectivity index (χ1n) is 6.82. The van der Waals surface area contributed by atoms with Gasteiger partial charge in [-0.25, -0.2) is 8.42 Å². The maximum atomic E-state index is 11.9. The molecule has 1 aromatic rings. The lowest BCUT2D eigenvalue weighted by Crippen LogP contribution is -2.43. The number of sulfone groups is 1. The van der Waals surface area contributed by atoms with Gasteiger partial charge in [0.2, 0.25) is 0 Å². The van der Waals surface area contributed by atoms with Crippen molar-refractivity contribution in [3.63, 3.8) is 0 Å². The van der Waals surface area contributed by atoms with Crippen molar-refractivity contribution in [3.8, 4) is 0 Å². The molecule has 8 nitrogen and oxygen atoms in total. The lowest BCUT2D eigenvalue weighted by atomic mass is 10.2. The molecule has 0 fully saturated rings. The maximum Gasteiger partial charge on any atom is 0.500 e. The van der Waals surface area contributed by atoms with Gasteiger partial charge < -0.3 is 13.3 Å². The summed E-state index contributed by atoms with van der Waals surface area (Å²) >= 11 is 0. The third kappa shape index (κ3) is 6.07. The standard InChI is InChI=1S/C13H21NO7S2Si/c1-19-24(20-2,21-3)10-9-12-5-7-13(8-6-12)23(17,18)14-11-22(4,15)16/h5-8,11H,9-10H2,1-4H3/b14-11+. The highest BCUT2D eigenvalue weighted by Crippen LogP contribution is 2.19. The van der Waals surface area contributed by atoms with Gasteiger partial charge in [-0.1, -0.05) is 12.1 Å². The Morgan fingerprint density at radius 1 is 1.00 bits per heavy atom. The van der Waals surface area contributed by atoms with Gasteiger partial charge in [0.15, 0.2) is 9.84 Å². The Labute approximate surface area is 143 Å². The van der Waals surface area contributed by atoms with E-state index in [0.717, 1.165) is 11.8 Å². The number of hydrogen-bond acceptors (Lipinski definition) is 7. The summed E-state index contributed by atoms with van der Waals surface area (Å²) < 4.78 is 65.0. The highest BCUT2D eigenvalue weighted by Gasteiger charge is 2.37. The van der Waals surface area contributed by atoms with Crippen LogP contribution in [0, 0.1) is 0 Å². The molecule has 24 heavy (non-hydrogen) atoms. The van der Waals surface area contributed by atoms with E-state index in [4.69, 9.17) is 13.3 Å². The predicted octanol–water partition coefficient (Wildman–Crippen LogP) is 0.869. The summed E-state index contributed by atoms with van der Waals surface area (Å²) in [7, 11) is -5.78. The molecule has 0 saturated carbocycles. The first-order chi connectivity index (χ1) is 11.1. The molecular formula is C13H21NO7S2Si. The van der Waals surface area contributed by atoms with Gasteiger partial charge in [-0.15, -0.1) is 0 Å². The monoisotopic (exact) mass is 395 g/mol. The van der Waals surface area contributed by atoms with Crippen molar-refractivity contribution in [1.29, 1.82) is 0 Å². The van der Waals surface area contributed by atoms with Crippen molar-refractivity contribution in [2.75, 3.05) is 27.6 Å². The smallest absolute Gasteiger partial charge is 0.377 e. The maximum absolute atomic E-state index is 11.9. The van der Waals surface area contributed by atoms with Gasteiger partial charge in [0.25, 0.3) is 10.0 Å². The van der Waals surface area contributed by atoms with Crippen LogP contribution in [0.4, 0.5) is 0 Å². The molecule has 0 saturated heterocycles. The number of sulfonamides is 1. The van der Waals surface area contributed by atoms with E-state index >= 15 is 0 Å². The van der Waals surface area contributed by atoms with E-state index in [1.54, 1.807) is 12.1 Å². The van der Waals surface area contributed by atoms with E-state index in [-0.39, 0.29) is 4.90 Å². The van der Waals surface area contributed by atoms with Crippen LogP contribution < -0.4 is 0 Å². The number of benzene rings is 1. The van der Waals surface area contributed by atoms with Gasteiger partial charge in [-0.2, -0.15) is 12.8 Å². The summed E-state index contributed by atoms with van der Waals surface area (Å²) in [5.74, 6) is 0. The predicted molar refractivity (Wildman–Crippen MR) is 92.3 cm³/mol. The van der Waals surface area contributed by atoms with Crippen molar-refractivity contribution in [3.05, 3.63) is 29.8 Å². The lowest BCUT2D eigenvalue weighted by molar-refractivity contribution is 0.123. The van der Waals surface area contributed by atoms with Crippen LogP contribution in [0.5, 0.6) is 0 Å². The molecule has 0 amide bonds. The molecule has 0 aliphatic heterocycles. The van der Waals surface area contributed by atoms with E-state index in [2.05, 4.69) is 4.40 Å². The molecule has 1 aromatic carbocycles. The van der Waals surface area contributed by atoms with Crippen molar-refractivity contribution in [2.45, 2.75) is 17.4 Å². The summed E-state index contributed by atoms with van der Waals surface area (Å²) in [4.78, 5) is -0.0834. The molecule has 0 unspecified atom stereocenters. The minimum absolute atomic E-state index is 0.0834. The van der Waals surface area contributed by atoms with Crippen LogP contribution in [-0.2, 0) is 39.6 Å². The molecule has 0 aliphatic rings. The molecule has 0 atom stereocenters. The van der Waals surface area contributed by atoms with Crippen molar-refractivity contribution < 1.29 is 30.1 Å². The molecule has 1 rings (SSSR count). The Hall–Kier alpha value is -1.11. The molecule has 0 spiro atoms. The van der Waals surface area contributed by atoms with Gasteiger partial charge in [0, 0.05) is 33.6 Å². The lowest BCUT2D eigenvalue weighted by Gasteiger charge is -2.24. The third-order valence-corrected chi connectivity index (χ3v) is 7.85. The Morgan fingerprint density at radius 2 is 1.50 bits per heavy atom. The number of hydrogen-bond donors (Lipinski definition) is 0. The normalized spacial score (nSPS) is 13.5. The second kappa shape index (κ2) is 8.32. The van der Waals surface area contributed by atoms with E-state index < -0.39 is 28.7 Å². The van der Waals surface area contributed by atoms with Crippen LogP contribution in [0.25, 0.3) is 0 Å². The Balaban J connectivity index is 2.88. The first-order valence-corrected chi connectivity index (χ1v) is 12.1. The molecule has 0 aromatic heterocycles. The molecule has 0 N–H and O–H groups in total. The fourth-order valence-corrected chi connectivity index (χ4v) is 5.26. The van der Waals surface area contributed by atoms with E-state index in [1.807, 2.05) is 0 Å². The van der Waals surface area contributed by atoms with Crippen LogP contribution in [-0.4, -0.2) is 58.8 Å². The van der Waals surface area contributed by atoms with Gasteiger partial charge in [0.05, 0.1) is 4.90 Å². The van der Waals surface area contributed by atoms with Gasteiger partial charge in [-0.3, -0.25) is 0 Å². The molecular weight excluding hydrogens is 374 g/mol. The summed E-state index contributed by atoms with van der Waals surface area (Å²) in [6.45, 7) is 0. The number of rotatable bonds is 9. The molecule has 0 radical (unpaired) electrons. The Morgan fingerprint density at radius 3 is 1.92 bits per heavy atom. The summed E-state index contributed by atoms with van der Waals surface area (Å²) in [5, 5.41) is 0. The van der Waals surface area contributed by atoms with E-state index in [1.165, 1.54) is 33.5 Å². The fraction of sp³-hybridized carbons (Fsp3) is 0.462. The average molecular weight is 396 g/mol. The second-order valence-electron chi connectivity index (χ2n) is 4.95. The molecule has 11 heteroatoms. The number of aryl methyl sites for hydroxylation is 1. The molecule has 0 bridgehead atoms. The zero-order valence-corrected chi connectivity index (χ0v) is 16.6. The topological polar surface area (TPSA) is 108 Å². The van der Waals surface area contributed by atoms with Gasteiger partial charge in [-0.05, 0) is 24.1 Å². The van der Waals surface area contributed by atoms with Crippen molar-refractivity contribution in [2.24, 2.45) is 4.40 Å². The van der Waals surface area contributed by atoms with Crippen LogP contribution in [0.2, 0.25) is 6.04 Å². The SMILES string of the molecule is CO[Si](CCc1ccc(S(=O)(=O)/N=C/S(C)(=O)=O)cc1)(OC)OC. The zero-order valence-electron chi connectivity index (χ0n) is 13.9. The highest BCUT2D eigenvalue weighted by atomic mass is 32.2. The zero-order chi connectivity index (χ0) is 18.4. The Bertz CT molecular complexity index is 761. The average Bonchev–Trinajstić information content (AvgIpc) is 2.55. The van der Waals surface area contributed by atoms with E-state index in [0.29, 0.717) is 18.0 Å². The minimum atomic E-state index is -4.04.